The maximum absolute atomic E-state index is 12.2. The fourth-order valence-electron chi connectivity index (χ4n) is 1.57. The molecule has 1 rings (SSSR count). The smallest absolute Gasteiger partial charge is 0.255 e. The first-order chi connectivity index (χ1) is 8.79. The number of nitrogen functional groups attached to an aromatic ring is 1. The number of para-hydroxylation sites is 1. The molecule has 3 N–H and O–H groups in total. The maximum Gasteiger partial charge on any atom is 0.255 e. The van der Waals surface area contributed by atoms with E-state index in [1.165, 1.54) is 7.11 Å². The van der Waals surface area contributed by atoms with Crippen LogP contribution in [-0.4, -0.2) is 19.6 Å². The highest BCUT2D eigenvalue weighted by Gasteiger charge is 2.24. The summed E-state index contributed by atoms with van der Waals surface area (Å²) >= 11 is 0. The van der Waals surface area contributed by atoms with Gasteiger partial charge in [-0.05, 0) is 23.5 Å². The fourth-order valence-corrected chi connectivity index (χ4v) is 1.57. The minimum Gasteiger partial charge on any atom is -0.494 e. The van der Waals surface area contributed by atoms with E-state index in [2.05, 4.69) is 33.0 Å². The van der Waals surface area contributed by atoms with Crippen molar-refractivity contribution in [2.24, 2.45) is 11.3 Å². The summed E-state index contributed by atoms with van der Waals surface area (Å²) in [5, 5.41) is 2.95. The molecule has 0 heterocycles. The average molecular weight is 264 g/mol. The van der Waals surface area contributed by atoms with Crippen molar-refractivity contribution >= 4 is 11.6 Å². The molecule has 1 amide bonds. The minimum atomic E-state index is -0.155. The minimum absolute atomic E-state index is 0.0449. The highest BCUT2D eigenvalue weighted by molar-refractivity contribution is 5.98. The molecule has 1 aromatic carbocycles. The van der Waals surface area contributed by atoms with Gasteiger partial charge in [0.2, 0.25) is 0 Å². The lowest BCUT2D eigenvalue weighted by atomic mass is 9.81. The first-order valence-corrected chi connectivity index (χ1v) is 6.50. The number of ether oxygens (including phenoxy) is 1. The molecule has 0 aliphatic carbocycles. The third-order valence-electron chi connectivity index (χ3n) is 3.76. The van der Waals surface area contributed by atoms with Gasteiger partial charge in [-0.1, -0.05) is 33.8 Å². The predicted octanol–water partition coefficient (Wildman–Crippen LogP) is 2.69. The van der Waals surface area contributed by atoms with Gasteiger partial charge in [-0.3, -0.25) is 4.79 Å². The third-order valence-corrected chi connectivity index (χ3v) is 3.76. The van der Waals surface area contributed by atoms with Gasteiger partial charge in [-0.15, -0.1) is 0 Å². The Bertz CT molecular complexity index is 453. The molecule has 0 bridgehead atoms. The number of carbonyl (C=O) groups excluding carboxylic acids is 1. The Morgan fingerprint density at radius 1 is 1.42 bits per heavy atom. The second kappa shape index (κ2) is 5.95. The van der Waals surface area contributed by atoms with Crippen molar-refractivity contribution < 1.29 is 9.53 Å². The molecule has 0 unspecified atom stereocenters. The van der Waals surface area contributed by atoms with Gasteiger partial charge >= 0.3 is 0 Å². The van der Waals surface area contributed by atoms with Crippen LogP contribution in [-0.2, 0) is 0 Å². The van der Waals surface area contributed by atoms with Crippen molar-refractivity contribution in [3.8, 4) is 5.75 Å². The molecule has 0 saturated heterocycles. The highest BCUT2D eigenvalue weighted by atomic mass is 16.5. The first-order valence-electron chi connectivity index (χ1n) is 6.50. The van der Waals surface area contributed by atoms with Gasteiger partial charge in [0.1, 0.15) is 0 Å². The van der Waals surface area contributed by atoms with Crippen molar-refractivity contribution in [3.05, 3.63) is 23.8 Å². The molecular weight excluding hydrogens is 240 g/mol. The molecule has 0 aliphatic heterocycles. The molecule has 0 aliphatic rings. The van der Waals surface area contributed by atoms with E-state index in [4.69, 9.17) is 10.5 Å². The van der Waals surface area contributed by atoms with Crippen molar-refractivity contribution in [1.82, 2.24) is 5.32 Å². The van der Waals surface area contributed by atoms with E-state index in [0.29, 0.717) is 29.5 Å². The SMILES string of the molecule is COc1c(N)cccc1C(=O)NCC(C)(C)C(C)C. The Hall–Kier alpha value is -1.71. The van der Waals surface area contributed by atoms with Crippen molar-refractivity contribution in [3.63, 3.8) is 0 Å². The summed E-state index contributed by atoms with van der Waals surface area (Å²) in [6.07, 6.45) is 0. The Morgan fingerprint density at radius 3 is 2.58 bits per heavy atom. The molecule has 1 aromatic rings. The number of hydrogen-bond donors (Lipinski definition) is 2. The van der Waals surface area contributed by atoms with E-state index in [9.17, 15) is 4.79 Å². The van der Waals surface area contributed by atoms with Crippen LogP contribution in [0.1, 0.15) is 38.1 Å². The third kappa shape index (κ3) is 3.63. The lowest BCUT2D eigenvalue weighted by molar-refractivity contribution is 0.0922. The normalized spacial score (nSPS) is 11.5. The first kappa shape index (κ1) is 15.3. The summed E-state index contributed by atoms with van der Waals surface area (Å²) in [4.78, 5) is 12.2. The van der Waals surface area contributed by atoms with Gasteiger partial charge in [-0.25, -0.2) is 0 Å². The number of anilines is 1. The Kier molecular flexibility index (Phi) is 4.81. The van der Waals surface area contributed by atoms with E-state index in [1.807, 2.05) is 0 Å². The number of nitrogens with two attached hydrogens (primary N) is 1. The zero-order valence-electron chi connectivity index (χ0n) is 12.4. The predicted molar refractivity (Wildman–Crippen MR) is 78.4 cm³/mol. The van der Waals surface area contributed by atoms with Crippen LogP contribution in [0, 0.1) is 11.3 Å². The summed E-state index contributed by atoms with van der Waals surface area (Å²) < 4.78 is 5.19. The van der Waals surface area contributed by atoms with E-state index >= 15 is 0 Å². The van der Waals surface area contributed by atoms with Crippen LogP contribution in [0.3, 0.4) is 0 Å². The van der Waals surface area contributed by atoms with Gasteiger partial charge in [0, 0.05) is 6.54 Å². The molecule has 0 saturated carbocycles. The van der Waals surface area contributed by atoms with E-state index in [0.717, 1.165) is 0 Å². The highest BCUT2D eigenvalue weighted by Crippen LogP contribution is 2.27. The van der Waals surface area contributed by atoms with Crippen LogP contribution in [0.15, 0.2) is 18.2 Å². The summed E-state index contributed by atoms with van der Waals surface area (Å²) in [7, 11) is 1.51. The standard InChI is InChI=1S/C15H24N2O2/c1-10(2)15(3,4)9-17-14(18)11-7-6-8-12(16)13(11)19-5/h6-8,10H,9,16H2,1-5H3,(H,17,18). The number of benzene rings is 1. The van der Waals surface area contributed by atoms with Crippen LogP contribution in [0.4, 0.5) is 5.69 Å². The monoisotopic (exact) mass is 264 g/mol. The molecule has 19 heavy (non-hydrogen) atoms. The number of methoxy groups -OCH3 is 1. The average Bonchev–Trinajstić information content (AvgIpc) is 2.35. The van der Waals surface area contributed by atoms with E-state index in [1.54, 1.807) is 18.2 Å². The van der Waals surface area contributed by atoms with Gasteiger partial charge in [0.05, 0.1) is 18.4 Å². The molecule has 106 valence electrons. The molecule has 0 radical (unpaired) electrons. The number of carbonyl (C=O) groups is 1. The Morgan fingerprint density at radius 2 is 2.05 bits per heavy atom. The van der Waals surface area contributed by atoms with Crippen LogP contribution in [0.25, 0.3) is 0 Å². The quantitative estimate of drug-likeness (QED) is 0.804. The molecule has 0 atom stereocenters. The van der Waals surface area contributed by atoms with Gasteiger partial charge in [-0.2, -0.15) is 0 Å². The number of rotatable bonds is 5. The second-order valence-corrected chi connectivity index (χ2v) is 5.75. The number of hydrogen-bond acceptors (Lipinski definition) is 3. The van der Waals surface area contributed by atoms with Crippen LogP contribution < -0.4 is 15.8 Å². The van der Waals surface area contributed by atoms with Crippen LogP contribution >= 0.6 is 0 Å². The van der Waals surface area contributed by atoms with Gasteiger partial charge < -0.3 is 15.8 Å². The summed E-state index contributed by atoms with van der Waals surface area (Å²) in [5.74, 6) is 0.760. The lowest BCUT2D eigenvalue weighted by Gasteiger charge is -2.29. The van der Waals surface area contributed by atoms with Crippen LogP contribution in [0.2, 0.25) is 0 Å². The molecule has 0 aromatic heterocycles. The summed E-state index contributed by atoms with van der Waals surface area (Å²) in [5.41, 5.74) is 6.78. The zero-order chi connectivity index (χ0) is 14.6. The second-order valence-electron chi connectivity index (χ2n) is 5.75. The molecule has 0 fully saturated rings. The maximum atomic E-state index is 12.2. The molecule has 4 nitrogen and oxygen atoms in total. The fraction of sp³-hybridized carbons (Fsp3) is 0.533. The Balaban J connectivity index is 2.83. The van der Waals surface area contributed by atoms with E-state index < -0.39 is 0 Å². The number of amides is 1. The van der Waals surface area contributed by atoms with Crippen LogP contribution in [0.5, 0.6) is 5.75 Å². The van der Waals surface area contributed by atoms with Crippen molar-refractivity contribution in [1.29, 1.82) is 0 Å². The lowest BCUT2D eigenvalue weighted by Crippen LogP contribution is -2.37. The Labute approximate surface area is 115 Å². The topological polar surface area (TPSA) is 64.3 Å². The van der Waals surface area contributed by atoms with Crippen molar-refractivity contribution in [2.45, 2.75) is 27.7 Å². The summed E-state index contributed by atoms with van der Waals surface area (Å²) in [6, 6.07) is 5.18. The zero-order valence-corrected chi connectivity index (χ0v) is 12.4. The number of nitrogens with one attached hydrogen (secondary N) is 1. The van der Waals surface area contributed by atoms with Crippen molar-refractivity contribution in [2.75, 3.05) is 19.4 Å². The van der Waals surface area contributed by atoms with Gasteiger partial charge in [0.15, 0.2) is 5.75 Å². The largest absolute Gasteiger partial charge is 0.494 e. The molecule has 4 heteroatoms. The van der Waals surface area contributed by atoms with Gasteiger partial charge in [0.25, 0.3) is 5.91 Å². The van der Waals surface area contributed by atoms with E-state index in [-0.39, 0.29) is 11.3 Å². The summed E-state index contributed by atoms with van der Waals surface area (Å²) in [6.45, 7) is 9.17. The molecular formula is C15H24N2O2. The molecule has 0 spiro atoms.